The monoisotopic (exact) mass is 495 g/mol. The van der Waals surface area contributed by atoms with E-state index in [0.717, 1.165) is 16.8 Å². The maximum atomic E-state index is 14.3. The third-order valence-electron chi connectivity index (χ3n) is 6.09. The fourth-order valence-corrected chi connectivity index (χ4v) is 4.18. The zero-order chi connectivity index (χ0) is 26.2. The Morgan fingerprint density at radius 1 is 0.784 bits per heavy atom. The summed E-state index contributed by atoms with van der Waals surface area (Å²) < 4.78 is 14.3. The number of hydrogen-bond acceptors (Lipinski definition) is 3. The van der Waals surface area contributed by atoms with Crippen LogP contribution in [0.3, 0.4) is 0 Å². The molecule has 4 rings (SSSR count). The molecule has 188 valence electrons. The summed E-state index contributed by atoms with van der Waals surface area (Å²) in [5, 5.41) is 2.94. The zero-order valence-corrected chi connectivity index (χ0v) is 21.0. The van der Waals surface area contributed by atoms with Gasteiger partial charge in [0.25, 0.3) is 5.91 Å². The number of anilines is 2. The van der Waals surface area contributed by atoms with Crippen molar-refractivity contribution in [2.45, 2.75) is 19.0 Å². The topological polar surface area (TPSA) is 52.7 Å². The molecule has 0 aliphatic carbocycles. The maximum Gasteiger partial charge on any atom is 0.251 e. The minimum absolute atomic E-state index is 0.115. The first kappa shape index (κ1) is 25.6. The number of nitrogens with zero attached hydrogens (tertiary/aromatic N) is 2. The summed E-state index contributed by atoms with van der Waals surface area (Å²) in [4.78, 5) is 31.0. The predicted molar refractivity (Wildman–Crippen MR) is 146 cm³/mol. The lowest BCUT2D eigenvalue weighted by atomic mass is 10.0. The molecule has 0 saturated heterocycles. The third-order valence-corrected chi connectivity index (χ3v) is 6.09. The Labute approximate surface area is 217 Å². The number of benzene rings is 4. The molecule has 0 aliphatic heterocycles. The van der Waals surface area contributed by atoms with Crippen LogP contribution in [-0.4, -0.2) is 30.8 Å². The molecule has 0 radical (unpaired) electrons. The van der Waals surface area contributed by atoms with Crippen LogP contribution in [0.15, 0.2) is 109 Å². The number of carbonyl (C=O) groups excluding carboxylic acids is 2. The van der Waals surface area contributed by atoms with Crippen LogP contribution in [0.4, 0.5) is 15.8 Å². The van der Waals surface area contributed by atoms with E-state index in [9.17, 15) is 14.0 Å². The summed E-state index contributed by atoms with van der Waals surface area (Å²) in [6, 6.07) is 31.1. The normalized spacial score (nSPS) is 11.4. The Bertz CT molecular complexity index is 1330. The average molecular weight is 496 g/mol. The van der Waals surface area contributed by atoms with Crippen molar-refractivity contribution in [1.82, 2.24) is 4.90 Å². The van der Waals surface area contributed by atoms with Crippen LogP contribution in [0, 0.1) is 5.82 Å². The van der Waals surface area contributed by atoms with Crippen LogP contribution in [0.1, 0.15) is 22.7 Å². The zero-order valence-electron chi connectivity index (χ0n) is 21.0. The second-order valence-corrected chi connectivity index (χ2v) is 9.06. The number of nitrogens with one attached hydrogen (secondary N) is 1. The highest BCUT2D eigenvalue weighted by Crippen LogP contribution is 2.27. The molecule has 0 bridgehead atoms. The van der Waals surface area contributed by atoms with Crippen molar-refractivity contribution < 1.29 is 14.0 Å². The van der Waals surface area contributed by atoms with Gasteiger partial charge in [0.1, 0.15) is 11.9 Å². The first-order valence-electron chi connectivity index (χ1n) is 12.1. The smallest absolute Gasteiger partial charge is 0.251 e. The van der Waals surface area contributed by atoms with Gasteiger partial charge in [-0.05, 0) is 53.1 Å². The van der Waals surface area contributed by atoms with Gasteiger partial charge < -0.3 is 15.1 Å². The molecule has 37 heavy (non-hydrogen) atoms. The number of carbonyl (C=O) groups is 2. The van der Waals surface area contributed by atoms with E-state index >= 15 is 0 Å². The quantitative estimate of drug-likeness (QED) is 0.317. The van der Waals surface area contributed by atoms with Crippen molar-refractivity contribution in [2.24, 2.45) is 0 Å². The van der Waals surface area contributed by atoms with Gasteiger partial charge in [-0.2, -0.15) is 0 Å². The van der Waals surface area contributed by atoms with E-state index in [-0.39, 0.29) is 18.9 Å². The van der Waals surface area contributed by atoms with Gasteiger partial charge in [0, 0.05) is 32.0 Å². The molecule has 1 N–H and O–H groups in total. The molecule has 0 aliphatic rings. The molecule has 1 unspecified atom stereocenters. The lowest BCUT2D eigenvalue weighted by Crippen LogP contribution is -2.41. The van der Waals surface area contributed by atoms with Crippen LogP contribution in [0.5, 0.6) is 0 Å². The van der Waals surface area contributed by atoms with Crippen LogP contribution < -0.4 is 10.2 Å². The Kier molecular flexibility index (Phi) is 8.31. The van der Waals surface area contributed by atoms with Crippen LogP contribution >= 0.6 is 0 Å². The highest BCUT2D eigenvalue weighted by Gasteiger charge is 2.32. The van der Waals surface area contributed by atoms with Gasteiger partial charge in [-0.15, -0.1) is 0 Å². The molecule has 0 heterocycles. The van der Waals surface area contributed by atoms with Crippen molar-refractivity contribution in [1.29, 1.82) is 0 Å². The number of hydrogen-bond donors (Lipinski definition) is 1. The summed E-state index contributed by atoms with van der Waals surface area (Å²) >= 11 is 0. The van der Waals surface area contributed by atoms with E-state index in [1.165, 1.54) is 17.0 Å². The second kappa shape index (κ2) is 12.0. The van der Waals surface area contributed by atoms with Crippen molar-refractivity contribution in [2.75, 3.05) is 24.3 Å². The summed E-state index contributed by atoms with van der Waals surface area (Å²) in [7, 11) is 3.88. The molecule has 1 atom stereocenters. The van der Waals surface area contributed by atoms with Crippen molar-refractivity contribution in [3.63, 3.8) is 0 Å². The van der Waals surface area contributed by atoms with Gasteiger partial charge in [0.2, 0.25) is 5.91 Å². The van der Waals surface area contributed by atoms with E-state index < -0.39 is 17.8 Å². The first-order chi connectivity index (χ1) is 17.9. The third kappa shape index (κ3) is 6.82. The minimum Gasteiger partial charge on any atom is -0.378 e. The van der Waals surface area contributed by atoms with Gasteiger partial charge in [0.05, 0.1) is 6.42 Å². The molecule has 2 amide bonds. The summed E-state index contributed by atoms with van der Waals surface area (Å²) in [5.74, 6) is -1.12. The lowest BCUT2D eigenvalue weighted by Gasteiger charge is -2.32. The maximum absolute atomic E-state index is 14.3. The molecule has 0 fully saturated rings. The Hall–Kier alpha value is -4.45. The first-order valence-corrected chi connectivity index (χ1v) is 12.1. The lowest BCUT2D eigenvalue weighted by molar-refractivity contribution is -0.139. The number of halogens is 1. The van der Waals surface area contributed by atoms with Gasteiger partial charge in [-0.3, -0.25) is 9.59 Å². The van der Waals surface area contributed by atoms with Gasteiger partial charge >= 0.3 is 0 Å². The molecule has 0 saturated carbocycles. The SMILES string of the molecule is CN(C)c1ccc(NC(=O)C(c2cccc(F)c2)N(Cc2ccccc2)C(=O)Cc2ccccc2)cc1. The average Bonchev–Trinajstić information content (AvgIpc) is 2.90. The van der Waals surface area contributed by atoms with Crippen molar-refractivity contribution in [3.05, 3.63) is 132 Å². The van der Waals surface area contributed by atoms with Crippen LogP contribution in [0.25, 0.3) is 0 Å². The molecule has 4 aromatic rings. The predicted octanol–water partition coefficient (Wildman–Crippen LogP) is 5.84. The van der Waals surface area contributed by atoms with E-state index in [4.69, 9.17) is 0 Å². The highest BCUT2D eigenvalue weighted by atomic mass is 19.1. The minimum atomic E-state index is -1.04. The molecular weight excluding hydrogens is 465 g/mol. The summed E-state index contributed by atoms with van der Waals surface area (Å²) in [5.41, 5.74) is 3.69. The van der Waals surface area contributed by atoms with E-state index in [2.05, 4.69) is 5.32 Å². The van der Waals surface area contributed by atoms with Crippen LogP contribution in [0.2, 0.25) is 0 Å². The van der Waals surface area contributed by atoms with E-state index in [1.807, 2.05) is 104 Å². The van der Waals surface area contributed by atoms with Gasteiger partial charge in [-0.25, -0.2) is 4.39 Å². The fourth-order valence-electron chi connectivity index (χ4n) is 4.18. The number of rotatable bonds is 9. The Morgan fingerprint density at radius 2 is 1.41 bits per heavy atom. The Balaban J connectivity index is 1.71. The standard InChI is InChI=1S/C31H30FN3O2/c1-34(2)28-18-16-27(17-19-28)33-31(37)30(25-14-9-15-26(32)21-25)35(22-24-12-7-4-8-13-24)29(36)20-23-10-5-3-6-11-23/h3-19,21,30H,20,22H2,1-2H3,(H,33,37). The largest absolute Gasteiger partial charge is 0.378 e. The summed E-state index contributed by atoms with van der Waals surface area (Å²) in [6.45, 7) is 0.195. The molecule has 5 nitrogen and oxygen atoms in total. The van der Waals surface area contributed by atoms with Crippen LogP contribution in [-0.2, 0) is 22.6 Å². The highest BCUT2D eigenvalue weighted by molar-refractivity contribution is 5.98. The number of amides is 2. The molecular formula is C31H30FN3O2. The summed E-state index contributed by atoms with van der Waals surface area (Å²) in [6.07, 6.45) is 0.115. The van der Waals surface area contributed by atoms with Crippen molar-refractivity contribution in [3.8, 4) is 0 Å². The fraction of sp³-hybridized carbons (Fsp3) is 0.161. The van der Waals surface area contributed by atoms with Gasteiger partial charge in [0.15, 0.2) is 0 Å². The molecule has 0 aromatic heterocycles. The van der Waals surface area contributed by atoms with Gasteiger partial charge in [-0.1, -0.05) is 72.8 Å². The van der Waals surface area contributed by atoms with Crippen molar-refractivity contribution >= 4 is 23.2 Å². The molecule has 6 heteroatoms. The molecule has 4 aromatic carbocycles. The second-order valence-electron chi connectivity index (χ2n) is 9.06. The van der Waals surface area contributed by atoms with E-state index in [1.54, 1.807) is 12.1 Å². The Morgan fingerprint density at radius 3 is 2.00 bits per heavy atom. The van der Waals surface area contributed by atoms with E-state index in [0.29, 0.717) is 11.3 Å². The molecule has 0 spiro atoms.